The van der Waals surface area contributed by atoms with E-state index in [0.29, 0.717) is 37.6 Å². The minimum atomic E-state index is -0.484. The Labute approximate surface area is 119 Å². The number of primary amides is 1. The van der Waals surface area contributed by atoms with Crippen molar-refractivity contribution in [2.24, 2.45) is 5.73 Å². The van der Waals surface area contributed by atoms with E-state index >= 15 is 0 Å². The summed E-state index contributed by atoms with van der Waals surface area (Å²) in [5.74, 6) is 0.314. The predicted molar refractivity (Wildman–Crippen MR) is 74.2 cm³/mol. The Hall–Kier alpha value is -2.15. The lowest BCUT2D eigenvalue weighted by Crippen LogP contribution is -2.40. The first-order valence-electron chi connectivity index (χ1n) is 6.29. The summed E-state index contributed by atoms with van der Waals surface area (Å²) in [7, 11) is 0. The molecule has 3 heterocycles. The first-order chi connectivity index (χ1) is 9.65. The van der Waals surface area contributed by atoms with Gasteiger partial charge in [-0.15, -0.1) is 11.3 Å². The van der Waals surface area contributed by atoms with E-state index in [-0.39, 0.29) is 5.91 Å². The van der Waals surface area contributed by atoms with Crippen molar-refractivity contribution in [3.63, 3.8) is 0 Å². The normalized spacial score (nSPS) is 14.1. The third-order valence-corrected chi connectivity index (χ3v) is 4.25. The van der Waals surface area contributed by atoms with Gasteiger partial charge in [0.1, 0.15) is 11.5 Å². The maximum Gasteiger partial charge on any atom is 0.266 e. The van der Waals surface area contributed by atoms with Gasteiger partial charge in [0.15, 0.2) is 0 Å². The third-order valence-electron chi connectivity index (χ3n) is 3.37. The van der Waals surface area contributed by atoms with E-state index in [9.17, 15) is 9.59 Å². The average molecular weight is 290 g/mol. The van der Waals surface area contributed by atoms with Gasteiger partial charge in [-0.3, -0.25) is 9.59 Å². The van der Waals surface area contributed by atoms with E-state index in [0.717, 1.165) is 4.88 Å². The number of nitrogens with zero attached hydrogens (tertiary/aromatic N) is 3. The lowest BCUT2D eigenvalue weighted by molar-refractivity contribution is -0.131. The molecule has 0 bridgehead atoms. The summed E-state index contributed by atoms with van der Waals surface area (Å²) in [6.45, 7) is 1.56. The van der Waals surface area contributed by atoms with E-state index in [1.807, 2.05) is 17.5 Å². The number of amides is 2. The number of rotatable bonds is 3. The van der Waals surface area contributed by atoms with Crippen molar-refractivity contribution in [2.45, 2.75) is 19.5 Å². The number of fused-ring (bicyclic) bond motifs is 1. The van der Waals surface area contributed by atoms with Crippen molar-refractivity contribution in [1.29, 1.82) is 0 Å². The van der Waals surface area contributed by atoms with Crippen LogP contribution >= 0.6 is 11.3 Å². The van der Waals surface area contributed by atoms with Crippen LogP contribution in [-0.2, 0) is 24.3 Å². The molecule has 104 valence electrons. The molecule has 0 unspecified atom stereocenters. The zero-order valence-electron chi connectivity index (χ0n) is 10.8. The van der Waals surface area contributed by atoms with Crippen LogP contribution in [0, 0.1) is 0 Å². The van der Waals surface area contributed by atoms with Crippen molar-refractivity contribution in [3.8, 4) is 0 Å². The van der Waals surface area contributed by atoms with Crippen molar-refractivity contribution in [3.05, 3.63) is 40.1 Å². The second-order valence-electron chi connectivity index (χ2n) is 4.65. The topological polar surface area (TPSA) is 81.2 Å². The largest absolute Gasteiger partial charge is 0.364 e. The zero-order valence-corrected chi connectivity index (χ0v) is 11.6. The number of carbonyl (C=O) groups excluding carboxylic acids is 2. The predicted octanol–water partition coefficient (Wildman–Crippen LogP) is 0.628. The summed E-state index contributed by atoms with van der Waals surface area (Å²) in [4.78, 5) is 30.5. The van der Waals surface area contributed by atoms with Crippen LogP contribution in [0.15, 0.2) is 23.7 Å². The molecule has 1 aliphatic heterocycles. The van der Waals surface area contributed by atoms with Gasteiger partial charge in [0, 0.05) is 18.0 Å². The Bertz CT molecular complexity index is 647. The fourth-order valence-corrected chi connectivity index (χ4v) is 3.04. The van der Waals surface area contributed by atoms with Crippen LogP contribution in [0.3, 0.4) is 0 Å². The highest BCUT2D eigenvalue weighted by Gasteiger charge is 2.24. The van der Waals surface area contributed by atoms with Crippen molar-refractivity contribution < 1.29 is 9.59 Å². The van der Waals surface area contributed by atoms with Crippen LogP contribution in [0.4, 0.5) is 0 Å². The first kappa shape index (κ1) is 12.9. The highest BCUT2D eigenvalue weighted by Crippen LogP contribution is 2.16. The number of aromatic nitrogens is 2. The Morgan fingerprint density at radius 1 is 1.40 bits per heavy atom. The minimum Gasteiger partial charge on any atom is -0.364 e. The van der Waals surface area contributed by atoms with E-state index in [4.69, 9.17) is 5.73 Å². The highest BCUT2D eigenvalue weighted by atomic mass is 32.1. The number of hydrogen-bond acceptors (Lipinski definition) is 4. The summed E-state index contributed by atoms with van der Waals surface area (Å²) in [5, 5.41) is 1.96. The molecule has 0 spiro atoms. The smallest absolute Gasteiger partial charge is 0.266 e. The number of hydrogen-bond donors (Lipinski definition) is 1. The number of thiophene rings is 1. The third kappa shape index (κ3) is 2.32. The molecule has 7 heteroatoms. The Balaban J connectivity index is 1.72. The Morgan fingerprint density at radius 2 is 2.25 bits per heavy atom. The van der Waals surface area contributed by atoms with Crippen LogP contribution < -0.4 is 5.73 Å². The van der Waals surface area contributed by atoms with E-state index in [1.165, 1.54) is 6.20 Å². The van der Waals surface area contributed by atoms with Crippen LogP contribution in [-0.4, -0.2) is 32.8 Å². The van der Waals surface area contributed by atoms with E-state index < -0.39 is 5.91 Å². The molecule has 0 aliphatic carbocycles. The average Bonchev–Trinajstić information content (AvgIpc) is 3.06. The maximum absolute atomic E-state index is 12.2. The first-order valence-corrected chi connectivity index (χ1v) is 7.17. The van der Waals surface area contributed by atoms with Gasteiger partial charge in [0.05, 0.1) is 19.2 Å². The van der Waals surface area contributed by atoms with Gasteiger partial charge >= 0.3 is 0 Å². The molecule has 2 amide bonds. The molecule has 2 aromatic rings. The van der Waals surface area contributed by atoms with Crippen LogP contribution in [0.5, 0.6) is 0 Å². The molecule has 0 saturated heterocycles. The van der Waals surface area contributed by atoms with E-state index in [1.54, 1.807) is 20.8 Å². The number of nitrogens with two attached hydrogens (primary N) is 1. The zero-order chi connectivity index (χ0) is 14.1. The number of imidazole rings is 1. The molecule has 6 nitrogen and oxygen atoms in total. The minimum absolute atomic E-state index is 0.0855. The summed E-state index contributed by atoms with van der Waals surface area (Å²) in [6.07, 6.45) is 1.89. The SMILES string of the molecule is NC(=O)c1cnc2n1CCN(C(=O)Cc1cccs1)C2. The molecule has 0 radical (unpaired) electrons. The molecule has 0 atom stereocenters. The van der Waals surface area contributed by atoms with Crippen molar-refractivity contribution in [2.75, 3.05) is 6.54 Å². The fraction of sp³-hybridized carbons (Fsp3) is 0.308. The summed E-state index contributed by atoms with van der Waals surface area (Å²) < 4.78 is 1.79. The number of carbonyl (C=O) groups is 2. The van der Waals surface area contributed by atoms with Gasteiger partial charge in [-0.1, -0.05) is 6.07 Å². The van der Waals surface area contributed by atoms with Crippen LogP contribution in [0.1, 0.15) is 21.2 Å². The second kappa shape index (κ2) is 5.09. The Morgan fingerprint density at radius 3 is 2.95 bits per heavy atom. The molecular weight excluding hydrogens is 276 g/mol. The van der Waals surface area contributed by atoms with Gasteiger partial charge in [-0.2, -0.15) is 0 Å². The van der Waals surface area contributed by atoms with Crippen molar-refractivity contribution >= 4 is 23.2 Å². The molecule has 3 rings (SSSR count). The standard InChI is InChI=1S/C13H14N4O2S/c14-13(19)10-7-15-11-8-16(3-4-17(10)11)12(18)6-9-2-1-5-20-9/h1-2,5,7H,3-4,6,8H2,(H2,14,19). The van der Waals surface area contributed by atoms with Gasteiger partial charge in [0.2, 0.25) is 5.91 Å². The molecule has 2 aromatic heterocycles. The second-order valence-corrected chi connectivity index (χ2v) is 5.68. The molecule has 0 aromatic carbocycles. The maximum atomic E-state index is 12.2. The van der Waals surface area contributed by atoms with Gasteiger partial charge in [0.25, 0.3) is 5.91 Å². The highest BCUT2D eigenvalue weighted by molar-refractivity contribution is 7.10. The summed E-state index contributed by atoms with van der Waals surface area (Å²) >= 11 is 1.58. The monoisotopic (exact) mass is 290 g/mol. The van der Waals surface area contributed by atoms with Gasteiger partial charge < -0.3 is 15.2 Å². The lowest BCUT2D eigenvalue weighted by Gasteiger charge is -2.28. The van der Waals surface area contributed by atoms with E-state index in [2.05, 4.69) is 4.98 Å². The summed E-state index contributed by atoms with van der Waals surface area (Å²) in [6, 6.07) is 3.90. The van der Waals surface area contributed by atoms with Crippen LogP contribution in [0.25, 0.3) is 0 Å². The van der Waals surface area contributed by atoms with Gasteiger partial charge in [-0.05, 0) is 11.4 Å². The molecule has 20 heavy (non-hydrogen) atoms. The molecule has 0 saturated carbocycles. The molecule has 0 fully saturated rings. The van der Waals surface area contributed by atoms with Gasteiger partial charge in [-0.25, -0.2) is 4.98 Å². The molecule has 1 aliphatic rings. The summed E-state index contributed by atoms with van der Waals surface area (Å²) in [5.41, 5.74) is 5.70. The quantitative estimate of drug-likeness (QED) is 0.900. The van der Waals surface area contributed by atoms with Crippen molar-refractivity contribution in [1.82, 2.24) is 14.5 Å². The molecular formula is C13H14N4O2S. The molecule has 2 N–H and O–H groups in total. The van der Waals surface area contributed by atoms with Crippen LogP contribution in [0.2, 0.25) is 0 Å². The lowest BCUT2D eigenvalue weighted by atomic mass is 10.2. The fourth-order valence-electron chi connectivity index (χ4n) is 2.34. The Kier molecular flexibility index (Phi) is 3.27.